The summed E-state index contributed by atoms with van der Waals surface area (Å²) in [5, 5.41) is 14.2. The summed E-state index contributed by atoms with van der Waals surface area (Å²) in [6, 6.07) is 0. The average molecular weight is 263 g/mol. The minimum absolute atomic E-state index is 0.117. The van der Waals surface area contributed by atoms with Crippen LogP contribution in [0.5, 0.6) is 0 Å². The van der Waals surface area contributed by atoms with Crippen LogP contribution in [0.3, 0.4) is 0 Å². The zero-order valence-corrected chi connectivity index (χ0v) is 11.3. The normalized spacial score (nSPS) is 17.2. The number of hydrogen-bond donors (Lipinski definition) is 3. The van der Waals surface area contributed by atoms with Crippen molar-refractivity contribution in [2.75, 3.05) is 18.1 Å². The summed E-state index contributed by atoms with van der Waals surface area (Å²) in [7, 11) is -0.910. The number of oxime groups is 1. The number of carbonyl (C=O) groups excluding carboxylic acids is 1. The van der Waals surface area contributed by atoms with Crippen LogP contribution in [-0.2, 0) is 15.6 Å². The Labute approximate surface area is 104 Å². The molecule has 6 nitrogen and oxygen atoms in total. The van der Waals surface area contributed by atoms with E-state index >= 15 is 0 Å². The highest BCUT2D eigenvalue weighted by Crippen LogP contribution is 2.21. The van der Waals surface area contributed by atoms with Gasteiger partial charge < -0.3 is 16.3 Å². The Morgan fingerprint density at radius 3 is 2.53 bits per heavy atom. The number of rotatable bonds is 7. The third-order valence-corrected chi connectivity index (χ3v) is 4.12. The van der Waals surface area contributed by atoms with Gasteiger partial charge >= 0.3 is 0 Å². The van der Waals surface area contributed by atoms with Crippen molar-refractivity contribution < 1.29 is 14.2 Å². The monoisotopic (exact) mass is 263 g/mol. The smallest absolute Gasteiger partial charge is 0.233 e. The topological polar surface area (TPSA) is 105 Å². The lowest BCUT2D eigenvalue weighted by Crippen LogP contribution is -2.48. The van der Waals surface area contributed by atoms with E-state index in [1.54, 1.807) is 13.8 Å². The summed E-state index contributed by atoms with van der Waals surface area (Å²) < 4.78 is 11.2. The van der Waals surface area contributed by atoms with Gasteiger partial charge in [-0.15, -0.1) is 0 Å². The number of hydrogen-bond acceptors (Lipinski definition) is 4. The Balaban J connectivity index is 4.42. The molecular formula is C10H21N3O3S. The molecule has 1 amide bonds. The van der Waals surface area contributed by atoms with E-state index in [4.69, 9.17) is 10.9 Å². The highest BCUT2D eigenvalue weighted by Gasteiger charge is 2.36. The molecule has 0 rings (SSSR count). The Kier molecular flexibility index (Phi) is 6.79. The molecule has 7 heteroatoms. The van der Waals surface area contributed by atoms with Crippen molar-refractivity contribution in [2.45, 2.75) is 27.2 Å². The van der Waals surface area contributed by atoms with Gasteiger partial charge in [0, 0.05) is 28.9 Å². The van der Waals surface area contributed by atoms with Crippen LogP contribution in [0.15, 0.2) is 5.16 Å². The van der Waals surface area contributed by atoms with Gasteiger partial charge in [-0.1, -0.05) is 19.0 Å². The van der Waals surface area contributed by atoms with Crippen molar-refractivity contribution in [3.05, 3.63) is 0 Å². The summed E-state index contributed by atoms with van der Waals surface area (Å²) in [6.45, 7) is 5.54. The van der Waals surface area contributed by atoms with Gasteiger partial charge in [0.1, 0.15) is 5.41 Å². The number of nitrogens with two attached hydrogens (primary N) is 1. The van der Waals surface area contributed by atoms with E-state index in [9.17, 15) is 9.00 Å². The van der Waals surface area contributed by atoms with Crippen molar-refractivity contribution in [1.82, 2.24) is 5.32 Å². The molecule has 0 aliphatic heterocycles. The lowest BCUT2D eigenvalue weighted by Gasteiger charge is -2.25. The van der Waals surface area contributed by atoms with Gasteiger partial charge in [0.25, 0.3) is 0 Å². The van der Waals surface area contributed by atoms with Gasteiger partial charge in [-0.05, 0) is 13.3 Å². The first-order valence-corrected chi connectivity index (χ1v) is 7.02. The first kappa shape index (κ1) is 15.9. The molecule has 0 aromatic carbocycles. The van der Waals surface area contributed by atoms with Crippen molar-refractivity contribution in [3.63, 3.8) is 0 Å². The molecular weight excluding hydrogens is 242 g/mol. The fraction of sp³-hybridized carbons (Fsp3) is 0.800. The highest BCUT2D eigenvalue weighted by atomic mass is 32.2. The largest absolute Gasteiger partial charge is 0.409 e. The Morgan fingerprint density at radius 1 is 1.53 bits per heavy atom. The fourth-order valence-electron chi connectivity index (χ4n) is 1.19. The van der Waals surface area contributed by atoms with Crippen LogP contribution in [0.25, 0.3) is 0 Å². The highest BCUT2D eigenvalue weighted by molar-refractivity contribution is 7.84. The van der Waals surface area contributed by atoms with E-state index in [-0.39, 0.29) is 11.7 Å². The molecule has 0 saturated heterocycles. The molecule has 0 aromatic heterocycles. The number of amides is 1. The van der Waals surface area contributed by atoms with E-state index in [1.165, 1.54) is 0 Å². The second-order valence-corrected chi connectivity index (χ2v) is 5.72. The molecule has 0 radical (unpaired) electrons. The molecule has 2 atom stereocenters. The summed E-state index contributed by atoms with van der Waals surface area (Å²) in [6.07, 6.45) is 0.422. The zero-order valence-electron chi connectivity index (χ0n) is 10.5. The quantitative estimate of drug-likeness (QED) is 0.261. The Hall–Kier alpha value is -1.11. The molecule has 0 aliphatic rings. The Morgan fingerprint density at radius 2 is 2.12 bits per heavy atom. The van der Waals surface area contributed by atoms with Gasteiger partial charge in [0.05, 0.1) is 0 Å². The Bertz CT molecular complexity index is 320. The van der Waals surface area contributed by atoms with Crippen LogP contribution in [-0.4, -0.2) is 39.2 Å². The van der Waals surface area contributed by atoms with Gasteiger partial charge in [-0.2, -0.15) is 0 Å². The van der Waals surface area contributed by atoms with Crippen molar-refractivity contribution in [3.8, 4) is 0 Å². The van der Waals surface area contributed by atoms with E-state index in [2.05, 4.69) is 10.5 Å². The summed E-state index contributed by atoms with van der Waals surface area (Å²) in [4.78, 5) is 11.9. The molecule has 0 spiro atoms. The number of amidine groups is 1. The first-order valence-electron chi connectivity index (χ1n) is 5.53. The average Bonchev–Trinajstić information content (AvgIpc) is 2.35. The molecule has 4 N–H and O–H groups in total. The second-order valence-electron chi connectivity index (χ2n) is 3.86. The molecule has 17 heavy (non-hydrogen) atoms. The van der Waals surface area contributed by atoms with Crippen LogP contribution in [0, 0.1) is 5.41 Å². The van der Waals surface area contributed by atoms with Gasteiger partial charge in [-0.25, -0.2) is 0 Å². The second kappa shape index (κ2) is 7.26. The van der Waals surface area contributed by atoms with Crippen molar-refractivity contribution in [1.29, 1.82) is 0 Å². The molecule has 100 valence electrons. The maximum absolute atomic E-state index is 11.9. The van der Waals surface area contributed by atoms with Crippen molar-refractivity contribution >= 4 is 22.5 Å². The van der Waals surface area contributed by atoms with Crippen LogP contribution in [0.2, 0.25) is 0 Å². The van der Waals surface area contributed by atoms with Crippen LogP contribution >= 0.6 is 0 Å². The van der Waals surface area contributed by atoms with E-state index in [0.29, 0.717) is 24.5 Å². The summed E-state index contributed by atoms with van der Waals surface area (Å²) >= 11 is 0. The molecule has 2 unspecified atom stereocenters. The van der Waals surface area contributed by atoms with Crippen LogP contribution in [0.1, 0.15) is 27.2 Å². The molecule has 0 fully saturated rings. The standard InChI is InChI=1S/C10H21N3O3S/c1-4-10(3,8(11)13-15)9(14)12-6-7-17(16)5-2/h15H,4-7H2,1-3H3,(H2,11,13)(H,12,14). The molecule has 0 bridgehead atoms. The number of carbonyl (C=O) groups is 1. The van der Waals surface area contributed by atoms with Crippen LogP contribution in [0.4, 0.5) is 0 Å². The zero-order chi connectivity index (χ0) is 13.5. The van der Waals surface area contributed by atoms with Gasteiger partial charge in [0.15, 0.2) is 5.84 Å². The van der Waals surface area contributed by atoms with Crippen LogP contribution < -0.4 is 11.1 Å². The number of nitrogens with zero attached hydrogens (tertiary/aromatic N) is 1. The third kappa shape index (κ3) is 4.33. The minimum Gasteiger partial charge on any atom is -0.409 e. The summed E-state index contributed by atoms with van der Waals surface area (Å²) in [5.41, 5.74) is 4.47. The predicted octanol–water partition coefficient (Wildman–Crippen LogP) is 0.0339. The lowest BCUT2D eigenvalue weighted by molar-refractivity contribution is -0.127. The SMILES string of the molecule is CCS(=O)CCNC(=O)C(C)(CC)C(N)=NO. The maximum Gasteiger partial charge on any atom is 0.233 e. The van der Waals surface area contributed by atoms with E-state index in [0.717, 1.165) is 0 Å². The lowest BCUT2D eigenvalue weighted by atomic mass is 9.85. The molecule has 0 heterocycles. The van der Waals surface area contributed by atoms with E-state index in [1.807, 2.05) is 6.92 Å². The molecule has 0 aliphatic carbocycles. The van der Waals surface area contributed by atoms with Crippen molar-refractivity contribution in [2.24, 2.45) is 16.3 Å². The first-order chi connectivity index (χ1) is 7.92. The van der Waals surface area contributed by atoms with Gasteiger partial charge in [0.2, 0.25) is 5.91 Å². The predicted molar refractivity (Wildman–Crippen MR) is 68.4 cm³/mol. The van der Waals surface area contributed by atoms with E-state index < -0.39 is 16.2 Å². The molecule has 0 aromatic rings. The maximum atomic E-state index is 11.9. The summed E-state index contributed by atoms with van der Waals surface area (Å²) in [5.74, 6) is 0.553. The number of nitrogens with one attached hydrogen (secondary N) is 1. The fourth-order valence-corrected chi connectivity index (χ4v) is 1.80. The third-order valence-electron chi connectivity index (χ3n) is 2.82. The minimum atomic E-state index is -1.03. The molecule has 0 saturated carbocycles. The van der Waals surface area contributed by atoms with Gasteiger partial charge in [-0.3, -0.25) is 9.00 Å².